The van der Waals surface area contributed by atoms with Gasteiger partial charge in [-0.25, -0.2) is 4.39 Å². The number of hydrogen-bond acceptors (Lipinski definition) is 2. The van der Waals surface area contributed by atoms with Gasteiger partial charge in [0.15, 0.2) is 0 Å². The molecule has 0 spiro atoms. The quantitative estimate of drug-likeness (QED) is 0.757. The second-order valence-electron chi connectivity index (χ2n) is 3.53. The minimum absolute atomic E-state index is 0.313. The van der Waals surface area contributed by atoms with E-state index in [9.17, 15) is 4.39 Å². The summed E-state index contributed by atoms with van der Waals surface area (Å²) in [6, 6.07) is 8.07. The Hall–Kier alpha value is -1.40. The van der Waals surface area contributed by atoms with E-state index in [0.29, 0.717) is 5.56 Å². The fourth-order valence-corrected chi connectivity index (χ4v) is 1.58. The summed E-state index contributed by atoms with van der Waals surface area (Å²) in [5, 5.41) is 9.04. The summed E-state index contributed by atoms with van der Waals surface area (Å²) < 4.78 is 13.4. The summed E-state index contributed by atoms with van der Waals surface area (Å²) in [5.74, 6) is -0.313. The first-order chi connectivity index (χ1) is 7.20. The molecule has 1 aromatic carbocycles. The average Bonchev–Trinajstić information content (AvgIpc) is 2.22. The fraction of sp³-hybridized carbons (Fsp3) is 0.417. The van der Waals surface area contributed by atoms with E-state index in [4.69, 9.17) is 5.26 Å². The monoisotopic (exact) mass is 206 g/mol. The molecule has 0 saturated carbocycles. The van der Waals surface area contributed by atoms with Gasteiger partial charge in [-0.05, 0) is 26.1 Å². The van der Waals surface area contributed by atoms with Crippen molar-refractivity contribution < 1.29 is 4.39 Å². The molecule has 1 atom stereocenters. The predicted octanol–water partition coefficient (Wildman–Crippen LogP) is 2.73. The minimum atomic E-state index is -0.494. The molecule has 0 aliphatic rings. The first-order valence-corrected chi connectivity index (χ1v) is 5.05. The summed E-state index contributed by atoms with van der Waals surface area (Å²) in [7, 11) is 1.84. The van der Waals surface area contributed by atoms with E-state index in [2.05, 4.69) is 6.07 Å². The highest BCUT2D eigenvalue weighted by Gasteiger charge is 2.18. The second-order valence-corrected chi connectivity index (χ2v) is 3.53. The van der Waals surface area contributed by atoms with Gasteiger partial charge in [0, 0.05) is 5.56 Å². The lowest BCUT2D eigenvalue weighted by Gasteiger charge is -2.22. The summed E-state index contributed by atoms with van der Waals surface area (Å²) in [4.78, 5) is 1.86. The van der Waals surface area contributed by atoms with E-state index in [1.165, 1.54) is 6.07 Å². The summed E-state index contributed by atoms with van der Waals surface area (Å²) in [6.07, 6.45) is 0.948. The highest BCUT2D eigenvalue weighted by atomic mass is 19.1. The van der Waals surface area contributed by atoms with Gasteiger partial charge in [-0.2, -0.15) is 5.26 Å². The molecule has 0 N–H and O–H groups in total. The Bertz CT molecular complexity index is 357. The highest BCUT2D eigenvalue weighted by molar-refractivity contribution is 5.25. The maximum atomic E-state index is 13.4. The molecule has 1 aromatic rings. The van der Waals surface area contributed by atoms with Gasteiger partial charge in [0.25, 0.3) is 0 Å². The van der Waals surface area contributed by atoms with Gasteiger partial charge in [-0.3, -0.25) is 4.90 Å². The molecule has 1 rings (SSSR count). The first-order valence-electron chi connectivity index (χ1n) is 5.05. The third-order valence-electron chi connectivity index (χ3n) is 2.34. The lowest BCUT2D eigenvalue weighted by atomic mass is 10.1. The van der Waals surface area contributed by atoms with E-state index >= 15 is 0 Å². The first kappa shape index (κ1) is 11.7. The van der Waals surface area contributed by atoms with Crippen molar-refractivity contribution in [1.82, 2.24) is 4.90 Å². The Kier molecular flexibility index (Phi) is 4.26. The minimum Gasteiger partial charge on any atom is -0.287 e. The number of hydrogen-bond donors (Lipinski definition) is 0. The number of rotatable bonds is 4. The average molecular weight is 206 g/mol. The molecule has 1 unspecified atom stereocenters. The number of halogens is 1. The van der Waals surface area contributed by atoms with E-state index < -0.39 is 6.04 Å². The maximum Gasteiger partial charge on any atom is 0.129 e. The molecule has 0 aliphatic heterocycles. The fourth-order valence-electron chi connectivity index (χ4n) is 1.58. The molecule has 0 aliphatic carbocycles. The SMILES string of the molecule is CCCN(C)C(C#N)c1ccccc1F. The molecule has 2 nitrogen and oxygen atoms in total. The van der Waals surface area contributed by atoms with Crippen molar-refractivity contribution in [3.8, 4) is 6.07 Å². The van der Waals surface area contributed by atoms with Crippen LogP contribution in [0.25, 0.3) is 0 Å². The van der Waals surface area contributed by atoms with Crippen LogP contribution in [0.15, 0.2) is 24.3 Å². The van der Waals surface area contributed by atoms with Crippen molar-refractivity contribution in [2.75, 3.05) is 13.6 Å². The molecule has 0 saturated heterocycles. The van der Waals surface area contributed by atoms with Crippen LogP contribution < -0.4 is 0 Å². The van der Waals surface area contributed by atoms with Crippen molar-refractivity contribution in [3.63, 3.8) is 0 Å². The van der Waals surface area contributed by atoms with Crippen molar-refractivity contribution in [2.45, 2.75) is 19.4 Å². The van der Waals surface area contributed by atoms with Gasteiger partial charge in [-0.1, -0.05) is 25.1 Å². The van der Waals surface area contributed by atoms with Gasteiger partial charge < -0.3 is 0 Å². The van der Waals surface area contributed by atoms with Crippen LogP contribution in [0.1, 0.15) is 24.9 Å². The Balaban J connectivity index is 2.94. The van der Waals surface area contributed by atoms with Crippen molar-refractivity contribution in [3.05, 3.63) is 35.6 Å². The zero-order chi connectivity index (χ0) is 11.3. The smallest absolute Gasteiger partial charge is 0.129 e. The van der Waals surface area contributed by atoms with Gasteiger partial charge in [0.2, 0.25) is 0 Å². The Labute approximate surface area is 89.9 Å². The van der Waals surface area contributed by atoms with Crippen LogP contribution in [0.5, 0.6) is 0 Å². The van der Waals surface area contributed by atoms with Gasteiger partial charge in [0.1, 0.15) is 11.9 Å². The van der Waals surface area contributed by atoms with E-state index in [1.807, 2.05) is 18.9 Å². The van der Waals surface area contributed by atoms with Crippen LogP contribution >= 0.6 is 0 Å². The Morgan fingerprint density at radius 3 is 2.67 bits per heavy atom. The second kappa shape index (κ2) is 5.47. The third kappa shape index (κ3) is 2.77. The third-order valence-corrected chi connectivity index (χ3v) is 2.34. The van der Waals surface area contributed by atoms with Crippen molar-refractivity contribution in [1.29, 1.82) is 5.26 Å². The molecular formula is C12H15FN2. The number of benzene rings is 1. The van der Waals surface area contributed by atoms with Crippen LogP contribution in [0.4, 0.5) is 4.39 Å². The highest BCUT2D eigenvalue weighted by Crippen LogP contribution is 2.21. The molecule has 0 aromatic heterocycles. The van der Waals surface area contributed by atoms with Crippen molar-refractivity contribution in [2.24, 2.45) is 0 Å². The van der Waals surface area contributed by atoms with Gasteiger partial charge in [-0.15, -0.1) is 0 Å². The zero-order valence-electron chi connectivity index (χ0n) is 9.07. The van der Waals surface area contributed by atoms with Gasteiger partial charge in [0.05, 0.1) is 6.07 Å². The molecule has 0 bridgehead atoms. The number of nitrogens with zero attached hydrogens (tertiary/aromatic N) is 2. The van der Waals surface area contributed by atoms with Gasteiger partial charge >= 0.3 is 0 Å². The molecular weight excluding hydrogens is 191 g/mol. The maximum absolute atomic E-state index is 13.4. The standard InChI is InChI=1S/C12H15FN2/c1-3-8-15(2)12(9-14)10-6-4-5-7-11(10)13/h4-7,12H,3,8H2,1-2H3. The van der Waals surface area contributed by atoms with Crippen LogP contribution in [0, 0.1) is 17.1 Å². The van der Waals surface area contributed by atoms with Crippen LogP contribution in [-0.2, 0) is 0 Å². The predicted molar refractivity (Wildman–Crippen MR) is 57.7 cm³/mol. The summed E-state index contributed by atoms with van der Waals surface area (Å²) in [5.41, 5.74) is 0.455. The Morgan fingerprint density at radius 1 is 1.47 bits per heavy atom. The largest absolute Gasteiger partial charge is 0.287 e. The molecule has 15 heavy (non-hydrogen) atoms. The van der Waals surface area contributed by atoms with E-state index in [0.717, 1.165) is 13.0 Å². The topological polar surface area (TPSA) is 27.0 Å². The number of nitriles is 1. The molecule has 0 heterocycles. The lowest BCUT2D eigenvalue weighted by Crippen LogP contribution is -2.25. The lowest BCUT2D eigenvalue weighted by molar-refractivity contribution is 0.286. The van der Waals surface area contributed by atoms with Crippen LogP contribution in [0.2, 0.25) is 0 Å². The normalized spacial score (nSPS) is 12.5. The zero-order valence-corrected chi connectivity index (χ0v) is 9.07. The summed E-state index contributed by atoms with van der Waals surface area (Å²) >= 11 is 0. The van der Waals surface area contributed by atoms with E-state index in [1.54, 1.807) is 18.2 Å². The Morgan fingerprint density at radius 2 is 2.13 bits per heavy atom. The molecule has 3 heteroatoms. The van der Waals surface area contributed by atoms with E-state index in [-0.39, 0.29) is 5.82 Å². The molecule has 0 fully saturated rings. The molecule has 0 amide bonds. The summed E-state index contributed by atoms with van der Waals surface area (Å²) in [6.45, 7) is 2.82. The molecule has 0 radical (unpaired) electrons. The van der Waals surface area contributed by atoms with Crippen molar-refractivity contribution >= 4 is 0 Å². The van der Waals surface area contributed by atoms with Crippen LogP contribution in [-0.4, -0.2) is 18.5 Å². The van der Waals surface area contributed by atoms with Crippen LogP contribution in [0.3, 0.4) is 0 Å². The molecule has 80 valence electrons.